The van der Waals surface area contributed by atoms with Crippen molar-refractivity contribution in [3.63, 3.8) is 0 Å². The molecule has 3 rings (SSSR count). The maximum absolute atomic E-state index is 13.5. The Hall–Kier alpha value is -1.75. The first-order chi connectivity index (χ1) is 10.2. The molecule has 5 heteroatoms. The van der Waals surface area contributed by atoms with Crippen LogP contribution in [-0.4, -0.2) is 19.8 Å². The van der Waals surface area contributed by atoms with E-state index in [1.807, 2.05) is 24.3 Å². The molecule has 0 aromatic heterocycles. The number of halogens is 2. The molecule has 0 radical (unpaired) electrons. The van der Waals surface area contributed by atoms with E-state index in [0.717, 1.165) is 5.75 Å². The van der Waals surface area contributed by atoms with E-state index in [0.29, 0.717) is 23.7 Å². The van der Waals surface area contributed by atoms with Crippen LogP contribution < -0.4 is 14.2 Å². The van der Waals surface area contributed by atoms with Crippen molar-refractivity contribution in [3.8, 4) is 17.2 Å². The Morgan fingerprint density at radius 3 is 2.76 bits per heavy atom. The van der Waals surface area contributed by atoms with Crippen LogP contribution in [0.25, 0.3) is 0 Å². The number of hydrogen-bond acceptors (Lipinski definition) is 3. The first kappa shape index (κ1) is 14.2. The van der Waals surface area contributed by atoms with Gasteiger partial charge in [0, 0.05) is 5.56 Å². The topological polar surface area (TPSA) is 27.7 Å². The second kappa shape index (κ2) is 5.93. The molecular weight excluding hydrogens is 339 g/mol. The Morgan fingerprint density at radius 1 is 1.24 bits per heavy atom. The SMILES string of the molecule is COc1ccc(F)cc1C(Br)C1COc2ccccc2O1. The minimum absolute atomic E-state index is 0.239. The number of ether oxygens (including phenoxy) is 3. The number of alkyl halides is 1. The molecule has 3 nitrogen and oxygen atoms in total. The van der Waals surface area contributed by atoms with E-state index in [2.05, 4.69) is 15.9 Å². The normalized spacial score (nSPS) is 18.1. The Kier molecular flexibility index (Phi) is 4.01. The van der Waals surface area contributed by atoms with Crippen molar-refractivity contribution in [2.75, 3.05) is 13.7 Å². The van der Waals surface area contributed by atoms with Gasteiger partial charge in [-0.1, -0.05) is 28.1 Å². The monoisotopic (exact) mass is 352 g/mol. The molecule has 0 aliphatic carbocycles. The predicted octanol–water partition coefficient (Wildman–Crippen LogP) is 4.11. The van der Waals surface area contributed by atoms with Crippen LogP contribution in [-0.2, 0) is 0 Å². The molecule has 110 valence electrons. The van der Waals surface area contributed by atoms with E-state index in [9.17, 15) is 4.39 Å². The zero-order valence-electron chi connectivity index (χ0n) is 11.4. The molecule has 2 aromatic rings. The molecule has 0 bridgehead atoms. The van der Waals surface area contributed by atoms with Crippen LogP contribution in [0.3, 0.4) is 0 Å². The number of para-hydroxylation sites is 2. The van der Waals surface area contributed by atoms with Gasteiger partial charge in [0.25, 0.3) is 0 Å². The van der Waals surface area contributed by atoms with Gasteiger partial charge in [0.2, 0.25) is 0 Å². The fourth-order valence-corrected chi connectivity index (χ4v) is 2.92. The highest BCUT2D eigenvalue weighted by atomic mass is 79.9. The van der Waals surface area contributed by atoms with Crippen molar-refractivity contribution < 1.29 is 18.6 Å². The third-order valence-corrected chi connectivity index (χ3v) is 4.43. The standard InChI is InChI=1S/C16H14BrFO3/c1-19-12-7-6-10(18)8-11(12)16(17)15-9-20-13-4-2-3-5-14(13)21-15/h2-8,15-16H,9H2,1H3. The summed E-state index contributed by atoms with van der Waals surface area (Å²) in [6.45, 7) is 0.382. The van der Waals surface area contributed by atoms with Gasteiger partial charge >= 0.3 is 0 Å². The van der Waals surface area contributed by atoms with E-state index < -0.39 is 0 Å². The zero-order chi connectivity index (χ0) is 14.8. The molecule has 0 fully saturated rings. The van der Waals surface area contributed by atoms with E-state index in [-0.39, 0.29) is 16.7 Å². The van der Waals surface area contributed by atoms with Gasteiger partial charge in [-0.3, -0.25) is 0 Å². The van der Waals surface area contributed by atoms with Gasteiger partial charge in [-0.2, -0.15) is 0 Å². The second-order valence-corrected chi connectivity index (χ2v) is 5.69. The molecule has 0 N–H and O–H groups in total. The highest BCUT2D eigenvalue weighted by Gasteiger charge is 2.30. The maximum Gasteiger partial charge on any atom is 0.161 e. The van der Waals surface area contributed by atoms with E-state index in [1.54, 1.807) is 13.2 Å². The molecule has 1 aliphatic heterocycles. The van der Waals surface area contributed by atoms with Gasteiger partial charge in [0.1, 0.15) is 24.3 Å². The van der Waals surface area contributed by atoms with Crippen molar-refractivity contribution in [1.29, 1.82) is 0 Å². The number of fused-ring (bicyclic) bond motifs is 1. The van der Waals surface area contributed by atoms with Crippen molar-refractivity contribution in [2.45, 2.75) is 10.9 Å². The average molecular weight is 353 g/mol. The lowest BCUT2D eigenvalue weighted by atomic mass is 10.1. The number of rotatable bonds is 3. The van der Waals surface area contributed by atoms with Gasteiger partial charge in [-0.25, -0.2) is 4.39 Å². The minimum Gasteiger partial charge on any atom is -0.496 e. The Morgan fingerprint density at radius 2 is 2.00 bits per heavy atom. The van der Waals surface area contributed by atoms with Gasteiger partial charge in [0.15, 0.2) is 11.5 Å². The molecule has 21 heavy (non-hydrogen) atoms. The summed E-state index contributed by atoms with van der Waals surface area (Å²) < 4.78 is 30.4. The summed E-state index contributed by atoms with van der Waals surface area (Å²) in [5.74, 6) is 1.71. The summed E-state index contributed by atoms with van der Waals surface area (Å²) >= 11 is 3.57. The zero-order valence-corrected chi connectivity index (χ0v) is 13.0. The summed E-state index contributed by atoms with van der Waals surface area (Å²) in [4.78, 5) is -0.239. The number of hydrogen-bond donors (Lipinski definition) is 0. The molecule has 0 spiro atoms. The third-order valence-electron chi connectivity index (χ3n) is 3.35. The van der Waals surface area contributed by atoms with Crippen LogP contribution in [0.1, 0.15) is 10.4 Å². The maximum atomic E-state index is 13.5. The van der Waals surface area contributed by atoms with E-state index in [1.165, 1.54) is 12.1 Å². The van der Waals surface area contributed by atoms with Crippen molar-refractivity contribution >= 4 is 15.9 Å². The van der Waals surface area contributed by atoms with Crippen molar-refractivity contribution in [3.05, 3.63) is 53.8 Å². The molecule has 2 aromatic carbocycles. The minimum atomic E-state index is -0.313. The number of benzene rings is 2. The van der Waals surface area contributed by atoms with Gasteiger partial charge in [0.05, 0.1) is 11.9 Å². The van der Waals surface area contributed by atoms with Crippen LogP contribution >= 0.6 is 15.9 Å². The van der Waals surface area contributed by atoms with Crippen molar-refractivity contribution in [2.24, 2.45) is 0 Å². The molecular formula is C16H14BrFO3. The fraction of sp³-hybridized carbons (Fsp3) is 0.250. The van der Waals surface area contributed by atoms with Gasteiger partial charge < -0.3 is 14.2 Å². The van der Waals surface area contributed by atoms with Crippen LogP contribution in [0.15, 0.2) is 42.5 Å². The second-order valence-electron chi connectivity index (χ2n) is 4.70. The van der Waals surface area contributed by atoms with Crippen LogP contribution in [0.5, 0.6) is 17.2 Å². The highest BCUT2D eigenvalue weighted by Crippen LogP contribution is 2.40. The van der Waals surface area contributed by atoms with Crippen LogP contribution in [0.2, 0.25) is 0 Å². The number of methoxy groups -OCH3 is 1. The molecule has 0 saturated carbocycles. The third kappa shape index (κ3) is 2.83. The summed E-state index contributed by atoms with van der Waals surface area (Å²) in [5.41, 5.74) is 0.700. The predicted molar refractivity (Wildman–Crippen MR) is 81.0 cm³/mol. The molecule has 2 atom stereocenters. The summed E-state index contributed by atoms with van der Waals surface area (Å²) in [6.07, 6.45) is -0.268. The Balaban J connectivity index is 1.87. The first-order valence-corrected chi connectivity index (χ1v) is 7.46. The largest absolute Gasteiger partial charge is 0.496 e. The molecule has 1 heterocycles. The molecule has 0 amide bonds. The smallest absolute Gasteiger partial charge is 0.161 e. The van der Waals surface area contributed by atoms with Gasteiger partial charge in [-0.15, -0.1) is 0 Å². The summed E-state index contributed by atoms with van der Waals surface area (Å²) in [7, 11) is 1.56. The quantitative estimate of drug-likeness (QED) is 0.778. The first-order valence-electron chi connectivity index (χ1n) is 6.55. The molecule has 2 unspecified atom stereocenters. The molecule has 0 saturated heterocycles. The Labute approximate surface area is 130 Å². The lowest BCUT2D eigenvalue weighted by Crippen LogP contribution is -2.32. The fourth-order valence-electron chi connectivity index (χ4n) is 2.30. The van der Waals surface area contributed by atoms with Gasteiger partial charge in [-0.05, 0) is 30.3 Å². The van der Waals surface area contributed by atoms with E-state index in [4.69, 9.17) is 14.2 Å². The lowest BCUT2D eigenvalue weighted by Gasteiger charge is -2.30. The van der Waals surface area contributed by atoms with Crippen molar-refractivity contribution in [1.82, 2.24) is 0 Å². The lowest BCUT2D eigenvalue weighted by molar-refractivity contribution is 0.0899. The average Bonchev–Trinajstić information content (AvgIpc) is 2.53. The summed E-state index contributed by atoms with van der Waals surface area (Å²) in [6, 6.07) is 11.9. The Bertz CT molecular complexity index is 647. The highest BCUT2D eigenvalue weighted by molar-refractivity contribution is 9.09. The van der Waals surface area contributed by atoms with Crippen LogP contribution in [0.4, 0.5) is 4.39 Å². The summed E-state index contributed by atoms with van der Waals surface area (Å²) in [5, 5.41) is 0. The molecule has 1 aliphatic rings. The van der Waals surface area contributed by atoms with E-state index >= 15 is 0 Å². The van der Waals surface area contributed by atoms with Crippen LogP contribution in [0, 0.1) is 5.82 Å².